The van der Waals surface area contributed by atoms with Crippen molar-refractivity contribution in [3.63, 3.8) is 0 Å². The molecular formula is C25H20ClN3O2. The van der Waals surface area contributed by atoms with E-state index in [0.29, 0.717) is 16.5 Å². The Hall–Kier alpha value is -3.57. The number of benzene rings is 3. The fourth-order valence-electron chi connectivity index (χ4n) is 4.13. The van der Waals surface area contributed by atoms with E-state index in [2.05, 4.69) is 10.2 Å². The van der Waals surface area contributed by atoms with Crippen LogP contribution in [0.4, 0.5) is 5.69 Å². The summed E-state index contributed by atoms with van der Waals surface area (Å²) in [5.74, 6) is 0.572. The van der Waals surface area contributed by atoms with Crippen LogP contribution in [0.3, 0.4) is 0 Å². The molecule has 0 radical (unpaired) electrons. The summed E-state index contributed by atoms with van der Waals surface area (Å²) in [5, 5.41) is 8.13. The number of ether oxygens (including phenoxy) is 1. The summed E-state index contributed by atoms with van der Waals surface area (Å²) in [7, 11) is 1.64. The minimum Gasteiger partial charge on any atom is -0.496 e. The lowest BCUT2D eigenvalue weighted by Crippen LogP contribution is -2.29. The maximum Gasteiger partial charge on any atom is 0.277 e. The van der Waals surface area contributed by atoms with Crippen LogP contribution in [-0.2, 0) is 0 Å². The first-order valence-corrected chi connectivity index (χ1v) is 10.3. The number of rotatable bonds is 4. The normalized spacial score (nSPS) is 15.3. The SMILES string of the molecule is COc1ccccc1C1c2c(-c3ccc(C)cc3)n[nH]c2C(=O)N1c1ccc(Cl)cc1. The average Bonchev–Trinajstić information content (AvgIpc) is 3.34. The maximum absolute atomic E-state index is 13.5. The van der Waals surface area contributed by atoms with E-state index in [0.717, 1.165) is 33.6 Å². The molecule has 0 fully saturated rings. The standard InChI is InChI=1S/C25H20ClN3O2/c1-15-7-9-16(10-8-15)22-21-23(28-27-22)25(30)29(18-13-11-17(26)12-14-18)24(21)19-5-3-4-6-20(19)31-2/h3-14,24H,1-2H3,(H,27,28). The van der Waals surface area contributed by atoms with Crippen LogP contribution in [0.2, 0.25) is 5.02 Å². The van der Waals surface area contributed by atoms with Gasteiger partial charge in [0.15, 0.2) is 0 Å². The van der Waals surface area contributed by atoms with Crippen molar-refractivity contribution in [1.82, 2.24) is 10.2 Å². The van der Waals surface area contributed by atoms with Crippen LogP contribution in [0.5, 0.6) is 5.75 Å². The molecule has 1 unspecified atom stereocenters. The number of carbonyl (C=O) groups excluding carboxylic acids is 1. The molecule has 31 heavy (non-hydrogen) atoms. The number of aryl methyl sites for hydroxylation is 1. The molecule has 1 atom stereocenters. The molecule has 0 saturated heterocycles. The highest BCUT2D eigenvalue weighted by Gasteiger charge is 2.44. The number of methoxy groups -OCH3 is 1. The van der Waals surface area contributed by atoms with Crippen molar-refractivity contribution in [1.29, 1.82) is 0 Å². The van der Waals surface area contributed by atoms with Gasteiger partial charge in [-0.15, -0.1) is 0 Å². The first-order chi connectivity index (χ1) is 15.1. The monoisotopic (exact) mass is 429 g/mol. The van der Waals surface area contributed by atoms with E-state index in [1.807, 2.05) is 67.6 Å². The van der Waals surface area contributed by atoms with Gasteiger partial charge in [0.25, 0.3) is 5.91 Å². The van der Waals surface area contributed by atoms with Gasteiger partial charge in [0.2, 0.25) is 0 Å². The molecule has 5 nitrogen and oxygen atoms in total. The van der Waals surface area contributed by atoms with Crippen LogP contribution in [0, 0.1) is 6.92 Å². The van der Waals surface area contributed by atoms with Crippen molar-refractivity contribution in [3.05, 3.63) is 100 Å². The fraction of sp³-hybridized carbons (Fsp3) is 0.120. The highest BCUT2D eigenvalue weighted by Crippen LogP contribution is 2.47. The summed E-state index contributed by atoms with van der Waals surface area (Å²) in [6.07, 6.45) is 0. The minimum absolute atomic E-state index is 0.140. The Morgan fingerprint density at radius 1 is 1.00 bits per heavy atom. The largest absolute Gasteiger partial charge is 0.496 e. The second-order valence-corrected chi connectivity index (χ2v) is 7.96. The number of halogens is 1. The second kappa shape index (κ2) is 7.60. The van der Waals surface area contributed by atoms with Gasteiger partial charge in [-0.3, -0.25) is 14.8 Å². The summed E-state index contributed by atoms with van der Waals surface area (Å²) in [6.45, 7) is 2.04. The van der Waals surface area contributed by atoms with Gasteiger partial charge in [0.1, 0.15) is 11.4 Å². The van der Waals surface area contributed by atoms with Gasteiger partial charge in [0.05, 0.1) is 18.8 Å². The molecule has 4 aromatic rings. The Kier molecular flexibility index (Phi) is 4.75. The summed E-state index contributed by atoms with van der Waals surface area (Å²) in [4.78, 5) is 15.3. The molecule has 5 rings (SSSR count). The van der Waals surface area contributed by atoms with Crippen molar-refractivity contribution in [2.24, 2.45) is 0 Å². The van der Waals surface area contributed by atoms with Gasteiger partial charge >= 0.3 is 0 Å². The van der Waals surface area contributed by atoms with E-state index in [9.17, 15) is 4.79 Å². The predicted octanol–water partition coefficient (Wildman–Crippen LogP) is 5.80. The maximum atomic E-state index is 13.5. The van der Waals surface area contributed by atoms with Crippen LogP contribution in [0.15, 0.2) is 72.8 Å². The van der Waals surface area contributed by atoms with E-state index >= 15 is 0 Å². The first-order valence-electron chi connectivity index (χ1n) is 9.96. The van der Waals surface area contributed by atoms with Gasteiger partial charge in [-0.05, 0) is 37.3 Å². The Morgan fingerprint density at radius 3 is 2.42 bits per heavy atom. The lowest BCUT2D eigenvalue weighted by atomic mass is 9.95. The molecule has 3 aromatic carbocycles. The third-order valence-corrected chi connectivity index (χ3v) is 5.88. The van der Waals surface area contributed by atoms with Gasteiger partial charge in [-0.2, -0.15) is 5.10 Å². The number of H-pyrrole nitrogens is 1. The lowest BCUT2D eigenvalue weighted by molar-refractivity contribution is 0.0988. The number of amides is 1. The number of para-hydroxylation sites is 1. The fourth-order valence-corrected chi connectivity index (χ4v) is 4.26. The number of nitrogens with one attached hydrogen (secondary N) is 1. The molecule has 2 heterocycles. The molecule has 0 bridgehead atoms. The number of hydrogen-bond donors (Lipinski definition) is 1. The number of fused-ring (bicyclic) bond motifs is 1. The van der Waals surface area contributed by atoms with Crippen LogP contribution >= 0.6 is 11.6 Å². The van der Waals surface area contributed by atoms with Crippen molar-refractivity contribution in [2.45, 2.75) is 13.0 Å². The quantitative estimate of drug-likeness (QED) is 0.446. The Balaban J connectivity index is 1.75. The Labute approximate surface area is 185 Å². The Bertz CT molecular complexity index is 1260. The van der Waals surface area contributed by atoms with Crippen LogP contribution in [-0.4, -0.2) is 23.2 Å². The van der Waals surface area contributed by atoms with E-state index in [4.69, 9.17) is 16.3 Å². The molecule has 1 N–H and O–H groups in total. The molecule has 154 valence electrons. The zero-order chi connectivity index (χ0) is 21.5. The number of aromatic amines is 1. The number of nitrogens with zero attached hydrogens (tertiary/aromatic N) is 2. The zero-order valence-electron chi connectivity index (χ0n) is 17.1. The summed E-state index contributed by atoms with van der Waals surface area (Å²) in [6, 6.07) is 22.8. The highest BCUT2D eigenvalue weighted by molar-refractivity contribution is 6.30. The minimum atomic E-state index is -0.394. The smallest absolute Gasteiger partial charge is 0.277 e. The average molecular weight is 430 g/mol. The lowest BCUT2D eigenvalue weighted by Gasteiger charge is -2.27. The molecule has 1 amide bonds. The molecule has 0 saturated carbocycles. The molecule has 1 aliphatic rings. The molecule has 1 aliphatic heterocycles. The summed E-state index contributed by atoms with van der Waals surface area (Å²) in [5.41, 5.74) is 5.85. The van der Waals surface area contributed by atoms with Gasteiger partial charge in [-0.25, -0.2) is 0 Å². The summed E-state index contributed by atoms with van der Waals surface area (Å²) >= 11 is 6.10. The number of carbonyl (C=O) groups is 1. The van der Waals surface area contributed by atoms with Gasteiger partial charge < -0.3 is 4.74 Å². The van der Waals surface area contributed by atoms with Gasteiger partial charge in [0, 0.05) is 27.4 Å². The van der Waals surface area contributed by atoms with Crippen LogP contribution in [0.25, 0.3) is 11.3 Å². The number of hydrogen-bond acceptors (Lipinski definition) is 3. The summed E-state index contributed by atoms with van der Waals surface area (Å²) < 4.78 is 5.66. The topological polar surface area (TPSA) is 58.2 Å². The van der Waals surface area contributed by atoms with E-state index in [1.54, 1.807) is 24.1 Å². The van der Waals surface area contributed by atoms with E-state index in [1.165, 1.54) is 0 Å². The van der Waals surface area contributed by atoms with Gasteiger partial charge in [-0.1, -0.05) is 59.6 Å². The number of anilines is 1. The third kappa shape index (κ3) is 3.18. The molecule has 0 spiro atoms. The zero-order valence-corrected chi connectivity index (χ0v) is 17.9. The molecule has 6 heteroatoms. The Morgan fingerprint density at radius 2 is 1.71 bits per heavy atom. The van der Waals surface area contributed by atoms with E-state index in [-0.39, 0.29) is 5.91 Å². The van der Waals surface area contributed by atoms with Crippen molar-refractivity contribution < 1.29 is 9.53 Å². The third-order valence-electron chi connectivity index (χ3n) is 5.63. The molecule has 0 aliphatic carbocycles. The number of aromatic nitrogens is 2. The molecule has 1 aromatic heterocycles. The predicted molar refractivity (Wildman–Crippen MR) is 122 cm³/mol. The second-order valence-electron chi connectivity index (χ2n) is 7.52. The van der Waals surface area contributed by atoms with Crippen LogP contribution in [0.1, 0.15) is 33.2 Å². The van der Waals surface area contributed by atoms with Crippen molar-refractivity contribution >= 4 is 23.2 Å². The first kappa shape index (κ1) is 19.4. The van der Waals surface area contributed by atoms with Crippen LogP contribution < -0.4 is 9.64 Å². The highest BCUT2D eigenvalue weighted by atomic mass is 35.5. The van der Waals surface area contributed by atoms with Crippen molar-refractivity contribution in [2.75, 3.05) is 12.0 Å². The van der Waals surface area contributed by atoms with Crippen molar-refractivity contribution in [3.8, 4) is 17.0 Å². The van der Waals surface area contributed by atoms with E-state index < -0.39 is 6.04 Å². The molecular weight excluding hydrogens is 410 g/mol.